The average Bonchev–Trinajstić information content (AvgIpc) is 2.37. The molecule has 0 aliphatic heterocycles. The summed E-state index contributed by atoms with van der Waals surface area (Å²) < 4.78 is 24.0. The number of carbonyl (C=O) groups excluding carboxylic acids is 1. The van der Waals surface area contributed by atoms with Crippen molar-refractivity contribution in [2.24, 2.45) is 0 Å². The summed E-state index contributed by atoms with van der Waals surface area (Å²) in [6.07, 6.45) is 1.83. The Hall–Kier alpha value is -1.07. The maximum Gasteiger partial charge on any atom is 0.221 e. The molecule has 6 heteroatoms. The van der Waals surface area contributed by atoms with E-state index in [4.69, 9.17) is 11.6 Å². The molecule has 106 valence electrons. The van der Waals surface area contributed by atoms with Gasteiger partial charge in [0.05, 0.1) is 15.7 Å². The molecule has 0 aromatic heterocycles. The number of benzene rings is 1. The van der Waals surface area contributed by atoms with Gasteiger partial charge < -0.3 is 5.32 Å². The third kappa shape index (κ3) is 5.20. The van der Waals surface area contributed by atoms with Crippen LogP contribution in [-0.4, -0.2) is 26.6 Å². The topological polar surface area (TPSA) is 63.2 Å². The van der Waals surface area contributed by atoms with Gasteiger partial charge in [0.2, 0.25) is 5.91 Å². The number of hydrogen-bond acceptors (Lipinski definition) is 3. The van der Waals surface area contributed by atoms with Crippen molar-refractivity contribution in [2.45, 2.75) is 31.1 Å². The molecule has 0 aliphatic carbocycles. The first kappa shape index (κ1) is 16.0. The fourth-order valence-corrected chi connectivity index (χ4v) is 3.34. The molecule has 1 N–H and O–H groups in total. The highest BCUT2D eigenvalue weighted by Crippen LogP contribution is 2.22. The molecule has 19 heavy (non-hydrogen) atoms. The number of unbranched alkanes of at least 4 members (excludes halogenated alkanes) is 1. The van der Waals surface area contributed by atoms with Crippen LogP contribution in [-0.2, 0) is 14.6 Å². The van der Waals surface area contributed by atoms with Crippen molar-refractivity contribution in [3.63, 3.8) is 0 Å². The van der Waals surface area contributed by atoms with Gasteiger partial charge in [-0.3, -0.25) is 4.79 Å². The molecule has 0 bridgehead atoms. The van der Waals surface area contributed by atoms with Crippen LogP contribution in [0.1, 0.15) is 26.2 Å². The van der Waals surface area contributed by atoms with Crippen LogP contribution in [0.15, 0.2) is 29.2 Å². The summed E-state index contributed by atoms with van der Waals surface area (Å²) >= 11 is 5.85. The molecular formula is C13H18ClNO3S. The Balaban J connectivity index is 2.57. The van der Waals surface area contributed by atoms with Gasteiger partial charge in [-0.1, -0.05) is 37.1 Å². The van der Waals surface area contributed by atoms with Gasteiger partial charge in [-0.15, -0.1) is 0 Å². The summed E-state index contributed by atoms with van der Waals surface area (Å²) in [6, 6.07) is 6.25. The SMILES string of the molecule is CCCCNC(=O)CCS(=O)(=O)c1ccccc1Cl. The summed E-state index contributed by atoms with van der Waals surface area (Å²) in [5, 5.41) is 2.87. The normalized spacial score (nSPS) is 11.3. The number of nitrogens with one attached hydrogen (secondary N) is 1. The molecule has 0 spiro atoms. The molecule has 0 unspecified atom stereocenters. The van der Waals surface area contributed by atoms with E-state index in [1.807, 2.05) is 6.92 Å². The van der Waals surface area contributed by atoms with Gasteiger partial charge in [-0.05, 0) is 18.6 Å². The predicted molar refractivity (Wildman–Crippen MR) is 76.0 cm³/mol. The lowest BCUT2D eigenvalue weighted by molar-refractivity contribution is -0.120. The first-order valence-electron chi connectivity index (χ1n) is 6.21. The van der Waals surface area contributed by atoms with E-state index >= 15 is 0 Å². The van der Waals surface area contributed by atoms with E-state index < -0.39 is 9.84 Å². The van der Waals surface area contributed by atoms with Crippen LogP contribution in [0.3, 0.4) is 0 Å². The molecule has 1 amide bonds. The molecule has 0 fully saturated rings. The zero-order chi connectivity index (χ0) is 14.3. The molecule has 0 saturated carbocycles. The van der Waals surface area contributed by atoms with Crippen molar-refractivity contribution in [3.05, 3.63) is 29.3 Å². The number of halogens is 1. The van der Waals surface area contributed by atoms with E-state index in [-0.39, 0.29) is 28.0 Å². The molecule has 0 aliphatic rings. The summed E-state index contributed by atoms with van der Waals surface area (Å²) in [4.78, 5) is 11.6. The Kier molecular flexibility index (Phi) is 6.31. The van der Waals surface area contributed by atoms with Crippen molar-refractivity contribution < 1.29 is 13.2 Å². The molecular weight excluding hydrogens is 286 g/mol. The highest BCUT2D eigenvalue weighted by atomic mass is 35.5. The van der Waals surface area contributed by atoms with Gasteiger partial charge in [0, 0.05) is 13.0 Å². The Morgan fingerprint density at radius 3 is 2.63 bits per heavy atom. The van der Waals surface area contributed by atoms with E-state index in [0.29, 0.717) is 6.54 Å². The quantitative estimate of drug-likeness (QED) is 0.787. The first-order chi connectivity index (χ1) is 8.97. The molecule has 0 heterocycles. The maximum absolute atomic E-state index is 12.0. The van der Waals surface area contributed by atoms with Crippen LogP contribution in [0.2, 0.25) is 5.02 Å². The smallest absolute Gasteiger partial charge is 0.221 e. The maximum atomic E-state index is 12.0. The van der Waals surface area contributed by atoms with Crippen molar-refractivity contribution in [1.29, 1.82) is 0 Å². The summed E-state index contributed by atoms with van der Waals surface area (Å²) in [6.45, 7) is 2.61. The van der Waals surface area contributed by atoms with Crippen molar-refractivity contribution in [3.8, 4) is 0 Å². The molecule has 0 saturated heterocycles. The second-order valence-corrected chi connectivity index (χ2v) is 6.69. The predicted octanol–water partition coefficient (Wildman–Crippen LogP) is 2.42. The van der Waals surface area contributed by atoms with E-state index in [1.54, 1.807) is 12.1 Å². The van der Waals surface area contributed by atoms with E-state index in [0.717, 1.165) is 12.8 Å². The Bertz CT molecular complexity index is 528. The van der Waals surface area contributed by atoms with Crippen LogP contribution in [0.5, 0.6) is 0 Å². The number of amides is 1. The summed E-state index contributed by atoms with van der Waals surface area (Å²) in [5.74, 6) is -0.474. The van der Waals surface area contributed by atoms with Crippen LogP contribution in [0, 0.1) is 0 Å². The highest BCUT2D eigenvalue weighted by Gasteiger charge is 2.18. The molecule has 4 nitrogen and oxygen atoms in total. The minimum atomic E-state index is -3.51. The zero-order valence-corrected chi connectivity index (χ0v) is 12.4. The Morgan fingerprint density at radius 2 is 2.00 bits per heavy atom. The van der Waals surface area contributed by atoms with Crippen molar-refractivity contribution in [1.82, 2.24) is 5.32 Å². The Labute approximate surface area is 119 Å². The lowest BCUT2D eigenvalue weighted by Gasteiger charge is -2.07. The third-order valence-corrected chi connectivity index (χ3v) is 4.83. The molecule has 1 aromatic rings. The standard InChI is InChI=1S/C13H18ClNO3S/c1-2-3-9-15-13(16)8-10-19(17,18)12-7-5-4-6-11(12)14/h4-7H,2-3,8-10H2,1H3,(H,15,16). The van der Waals surface area contributed by atoms with Gasteiger partial charge in [0.1, 0.15) is 0 Å². The van der Waals surface area contributed by atoms with Crippen LogP contribution in [0.4, 0.5) is 0 Å². The molecule has 0 atom stereocenters. The molecule has 1 rings (SSSR count). The van der Waals surface area contributed by atoms with E-state index in [9.17, 15) is 13.2 Å². The zero-order valence-electron chi connectivity index (χ0n) is 10.9. The second-order valence-electron chi connectivity index (χ2n) is 4.20. The molecule has 0 radical (unpaired) electrons. The minimum absolute atomic E-state index is 0.0444. The van der Waals surface area contributed by atoms with Gasteiger partial charge in [-0.2, -0.15) is 0 Å². The number of carbonyl (C=O) groups is 1. The minimum Gasteiger partial charge on any atom is -0.356 e. The van der Waals surface area contributed by atoms with Gasteiger partial charge >= 0.3 is 0 Å². The fraction of sp³-hybridized carbons (Fsp3) is 0.462. The number of sulfone groups is 1. The lowest BCUT2D eigenvalue weighted by atomic mass is 10.3. The van der Waals surface area contributed by atoms with E-state index in [2.05, 4.69) is 5.32 Å². The van der Waals surface area contributed by atoms with E-state index in [1.165, 1.54) is 12.1 Å². The largest absolute Gasteiger partial charge is 0.356 e. The number of rotatable bonds is 7. The third-order valence-electron chi connectivity index (χ3n) is 2.62. The molecule has 1 aromatic carbocycles. The summed E-state index contributed by atoms with van der Waals surface area (Å²) in [5.41, 5.74) is 0. The lowest BCUT2D eigenvalue weighted by Crippen LogP contribution is -2.26. The van der Waals surface area contributed by atoms with Crippen molar-refractivity contribution in [2.75, 3.05) is 12.3 Å². The van der Waals surface area contributed by atoms with Crippen molar-refractivity contribution >= 4 is 27.3 Å². The van der Waals surface area contributed by atoms with Crippen LogP contribution >= 0.6 is 11.6 Å². The highest BCUT2D eigenvalue weighted by molar-refractivity contribution is 7.91. The van der Waals surface area contributed by atoms with Crippen LogP contribution < -0.4 is 5.32 Å². The fourth-order valence-electron chi connectivity index (χ4n) is 1.53. The summed E-state index contributed by atoms with van der Waals surface area (Å²) in [7, 11) is -3.51. The number of hydrogen-bond donors (Lipinski definition) is 1. The van der Waals surface area contributed by atoms with Gasteiger partial charge in [-0.25, -0.2) is 8.42 Å². The van der Waals surface area contributed by atoms with Crippen LogP contribution in [0.25, 0.3) is 0 Å². The van der Waals surface area contributed by atoms with Gasteiger partial charge in [0.15, 0.2) is 9.84 Å². The van der Waals surface area contributed by atoms with Gasteiger partial charge in [0.25, 0.3) is 0 Å². The monoisotopic (exact) mass is 303 g/mol. The first-order valence-corrected chi connectivity index (χ1v) is 8.24. The second kappa shape index (κ2) is 7.50. The average molecular weight is 304 g/mol. The Morgan fingerprint density at radius 1 is 1.32 bits per heavy atom.